The van der Waals surface area contributed by atoms with E-state index in [-0.39, 0.29) is 17.9 Å². The highest BCUT2D eigenvalue weighted by Gasteiger charge is 2.25. The number of hydrogen-bond donors (Lipinski definition) is 1. The van der Waals surface area contributed by atoms with Crippen LogP contribution >= 0.6 is 0 Å². The van der Waals surface area contributed by atoms with Crippen LogP contribution in [0.15, 0.2) is 59.7 Å². The molecule has 0 bridgehead atoms. The highest BCUT2D eigenvalue weighted by Crippen LogP contribution is 2.15. The highest BCUT2D eigenvalue weighted by molar-refractivity contribution is 6.39. The number of benzene rings is 2. The Bertz CT molecular complexity index is 864. The van der Waals surface area contributed by atoms with E-state index in [4.69, 9.17) is 4.74 Å². The SMILES string of the molecule is COc1cccc(CC(C)NC(=O)C2=NN(Cc3ccccc3)C(=O)CC2)c1. The Labute approximate surface area is 165 Å². The molecular formula is C22H25N3O3. The largest absolute Gasteiger partial charge is 0.497 e. The van der Waals surface area contributed by atoms with Crippen molar-refractivity contribution in [3.05, 3.63) is 65.7 Å². The molecule has 0 fully saturated rings. The molecule has 2 amide bonds. The third-order valence-corrected chi connectivity index (χ3v) is 4.60. The fourth-order valence-corrected chi connectivity index (χ4v) is 3.16. The number of carbonyl (C=O) groups excluding carboxylic acids is 2. The first kappa shape index (κ1) is 19.6. The number of amides is 2. The zero-order chi connectivity index (χ0) is 19.9. The van der Waals surface area contributed by atoms with Gasteiger partial charge in [-0.25, -0.2) is 5.01 Å². The summed E-state index contributed by atoms with van der Waals surface area (Å²) in [5.74, 6) is 0.508. The molecule has 6 nitrogen and oxygen atoms in total. The van der Waals surface area contributed by atoms with E-state index in [1.54, 1.807) is 7.11 Å². The van der Waals surface area contributed by atoms with E-state index in [9.17, 15) is 9.59 Å². The summed E-state index contributed by atoms with van der Waals surface area (Å²) in [6.45, 7) is 2.32. The average molecular weight is 379 g/mol. The molecule has 0 saturated carbocycles. The Balaban J connectivity index is 1.62. The Kier molecular flexibility index (Phi) is 6.42. The van der Waals surface area contributed by atoms with Crippen molar-refractivity contribution in [1.82, 2.24) is 10.3 Å². The summed E-state index contributed by atoms with van der Waals surface area (Å²) in [5, 5.41) is 8.69. The number of rotatable bonds is 7. The molecule has 2 aromatic rings. The predicted molar refractivity (Wildman–Crippen MR) is 108 cm³/mol. The van der Waals surface area contributed by atoms with Crippen LogP contribution in [0, 0.1) is 0 Å². The summed E-state index contributed by atoms with van der Waals surface area (Å²) in [4.78, 5) is 24.8. The fourth-order valence-electron chi connectivity index (χ4n) is 3.16. The first-order valence-corrected chi connectivity index (χ1v) is 9.40. The van der Waals surface area contributed by atoms with Gasteiger partial charge < -0.3 is 10.1 Å². The topological polar surface area (TPSA) is 71.0 Å². The zero-order valence-corrected chi connectivity index (χ0v) is 16.2. The van der Waals surface area contributed by atoms with Crippen molar-refractivity contribution in [3.8, 4) is 5.75 Å². The van der Waals surface area contributed by atoms with E-state index < -0.39 is 0 Å². The quantitative estimate of drug-likeness (QED) is 0.804. The second-order valence-electron chi connectivity index (χ2n) is 6.91. The van der Waals surface area contributed by atoms with Gasteiger partial charge in [0.1, 0.15) is 11.5 Å². The van der Waals surface area contributed by atoms with Crippen molar-refractivity contribution < 1.29 is 14.3 Å². The second-order valence-corrected chi connectivity index (χ2v) is 6.91. The lowest BCUT2D eigenvalue weighted by atomic mass is 10.1. The molecule has 1 aliphatic rings. The molecule has 1 atom stereocenters. The number of ether oxygens (including phenoxy) is 1. The molecular weight excluding hydrogens is 354 g/mol. The van der Waals surface area contributed by atoms with Crippen LogP contribution in [0.5, 0.6) is 5.75 Å². The number of nitrogens with one attached hydrogen (secondary N) is 1. The molecule has 1 aliphatic heterocycles. The van der Waals surface area contributed by atoms with Gasteiger partial charge in [0.25, 0.3) is 5.91 Å². The third-order valence-electron chi connectivity index (χ3n) is 4.60. The number of hydrazone groups is 1. The van der Waals surface area contributed by atoms with E-state index in [0.717, 1.165) is 16.9 Å². The summed E-state index contributed by atoms with van der Waals surface area (Å²) in [6.07, 6.45) is 1.34. The molecule has 0 spiro atoms. The lowest BCUT2D eigenvalue weighted by Gasteiger charge is -2.24. The number of hydrogen-bond acceptors (Lipinski definition) is 4. The number of carbonyl (C=O) groups is 2. The normalized spacial score (nSPS) is 15.0. The molecule has 146 valence electrons. The average Bonchev–Trinajstić information content (AvgIpc) is 2.70. The van der Waals surface area contributed by atoms with Crippen LogP contribution in [0.1, 0.15) is 30.9 Å². The highest BCUT2D eigenvalue weighted by atomic mass is 16.5. The van der Waals surface area contributed by atoms with Gasteiger partial charge in [-0.2, -0.15) is 5.10 Å². The van der Waals surface area contributed by atoms with E-state index in [1.807, 2.05) is 61.5 Å². The van der Waals surface area contributed by atoms with Gasteiger partial charge >= 0.3 is 0 Å². The second kappa shape index (κ2) is 9.17. The Morgan fingerprint density at radius 3 is 2.64 bits per heavy atom. The Hall–Kier alpha value is -3.15. The molecule has 0 saturated heterocycles. The van der Waals surface area contributed by atoms with Gasteiger partial charge in [-0.05, 0) is 36.6 Å². The maximum atomic E-state index is 12.6. The van der Waals surface area contributed by atoms with Gasteiger partial charge in [-0.15, -0.1) is 0 Å². The molecule has 1 unspecified atom stereocenters. The minimum atomic E-state index is -0.221. The minimum Gasteiger partial charge on any atom is -0.497 e. The van der Waals surface area contributed by atoms with Crippen LogP contribution in [-0.4, -0.2) is 35.7 Å². The van der Waals surface area contributed by atoms with Gasteiger partial charge in [0.15, 0.2) is 0 Å². The Morgan fingerprint density at radius 2 is 1.89 bits per heavy atom. The summed E-state index contributed by atoms with van der Waals surface area (Å²) < 4.78 is 5.24. The van der Waals surface area contributed by atoms with Crippen LogP contribution in [0.4, 0.5) is 0 Å². The molecule has 6 heteroatoms. The summed E-state index contributed by atoms with van der Waals surface area (Å²) in [5.41, 5.74) is 2.46. The van der Waals surface area contributed by atoms with Gasteiger partial charge in [0.05, 0.1) is 13.7 Å². The molecule has 1 heterocycles. The smallest absolute Gasteiger partial charge is 0.267 e. The van der Waals surface area contributed by atoms with Crippen molar-refractivity contribution in [2.75, 3.05) is 7.11 Å². The van der Waals surface area contributed by atoms with Crippen LogP contribution in [0.3, 0.4) is 0 Å². The van der Waals surface area contributed by atoms with Gasteiger partial charge in [0, 0.05) is 18.9 Å². The molecule has 28 heavy (non-hydrogen) atoms. The summed E-state index contributed by atoms with van der Waals surface area (Å²) >= 11 is 0. The molecule has 1 N–H and O–H groups in total. The standard InChI is InChI=1S/C22H25N3O3/c1-16(13-18-9-6-10-19(14-18)28-2)23-22(27)20-11-12-21(26)25(24-20)15-17-7-4-3-5-8-17/h3-10,14,16H,11-13,15H2,1-2H3,(H,23,27). The van der Waals surface area contributed by atoms with Crippen LogP contribution < -0.4 is 10.1 Å². The van der Waals surface area contributed by atoms with Gasteiger partial charge in [-0.1, -0.05) is 42.5 Å². The predicted octanol–water partition coefficient (Wildman–Crippen LogP) is 2.92. The van der Waals surface area contributed by atoms with E-state index in [0.29, 0.717) is 31.5 Å². The number of nitrogens with zero attached hydrogens (tertiary/aromatic N) is 2. The van der Waals surface area contributed by atoms with Crippen LogP contribution in [0.2, 0.25) is 0 Å². The first-order valence-electron chi connectivity index (χ1n) is 9.40. The van der Waals surface area contributed by atoms with Gasteiger partial charge in [-0.3, -0.25) is 9.59 Å². The van der Waals surface area contributed by atoms with E-state index >= 15 is 0 Å². The monoisotopic (exact) mass is 379 g/mol. The first-order chi connectivity index (χ1) is 13.5. The number of methoxy groups -OCH3 is 1. The zero-order valence-electron chi connectivity index (χ0n) is 16.2. The van der Waals surface area contributed by atoms with Crippen molar-refractivity contribution in [3.63, 3.8) is 0 Å². The fraction of sp³-hybridized carbons (Fsp3) is 0.318. The van der Waals surface area contributed by atoms with Gasteiger partial charge in [0.2, 0.25) is 5.91 Å². The minimum absolute atomic E-state index is 0.0650. The Morgan fingerprint density at radius 1 is 1.14 bits per heavy atom. The molecule has 0 aliphatic carbocycles. The molecule has 3 rings (SSSR count). The van der Waals surface area contributed by atoms with Crippen LogP contribution in [-0.2, 0) is 22.6 Å². The third kappa shape index (κ3) is 5.19. The molecule has 0 radical (unpaired) electrons. The van der Waals surface area contributed by atoms with Crippen LogP contribution in [0.25, 0.3) is 0 Å². The summed E-state index contributed by atoms with van der Waals surface area (Å²) in [6, 6.07) is 17.4. The van der Waals surface area contributed by atoms with Crippen molar-refractivity contribution in [2.24, 2.45) is 5.10 Å². The lowest BCUT2D eigenvalue weighted by Crippen LogP contribution is -2.42. The maximum absolute atomic E-state index is 12.6. The van der Waals surface area contributed by atoms with E-state index in [1.165, 1.54) is 5.01 Å². The summed E-state index contributed by atoms with van der Waals surface area (Å²) in [7, 11) is 1.63. The van der Waals surface area contributed by atoms with Crippen molar-refractivity contribution >= 4 is 17.5 Å². The van der Waals surface area contributed by atoms with Crippen molar-refractivity contribution in [1.29, 1.82) is 0 Å². The molecule has 2 aromatic carbocycles. The molecule has 0 aromatic heterocycles. The van der Waals surface area contributed by atoms with E-state index in [2.05, 4.69) is 10.4 Å². The lowest BCUT2D eigenvalue weighted by molar-refractivity contribution is -0.132. The maximum Gasteiger partial charge on any atom is 0.267 e. The van der Waals surface area contributed by atoms with Crippen molar-refractivity contribution in [2.45, 2.75) is 38.8 Å².